The lowest BCUT2D eigenvalue weighted by atomic mass is 10.1. The molecule has 0 N–H and O–H groups in total. The van der Waals surface area contributed by atoms with E-state index in [-0.39, 0.29) is 0 Å². The maximum atomic E-state index is 5.86. The minimum Gasteiger partial charge on any atom is -0.373 e. The van der Waals surface area contributed by atoms with Crippen LogP contribution in [0.1, 0.15) is 11.5 Å². The maximum absolute atomic E-state index is 5.86. The normalized spacial score (nSPS) is 28.5. The van der Waals surface area contributed by atoms with Crippen LogP contribution in [0.2, 0.25) is 0 Å². The van der Waals surface area contributed by atoms with Crippen molar-refractivity contribution in [3.8, 4) is 0 Å². The Balaban J connectivity index is 1.82. The fourth-order valence-corrected chi connectivity index (χ4v) is 2.90. The number of hydrogen-bond donors (Lipinski definition) is 0. The van der Waals surface area contributed by atoms with Crippen molar-refractivity contribution in [3.63, 3.8) is 0 Å². The molecular formula is C13H20N4O. The Bertz CT molecular complexity index is 430. The number of anilines is 1. The van der Waals surface area contributed by atoms with Gasteiger partial charge in [-0.05, 0) is 20.9 Å². The highest BCUT2D eigenvalue weighted by Gasteiger charge is 2.39. The lowest BCUT2D eigenvalue weighted by molar-refractivity contribution is -0.0362. The SMILES string of the molecule is Cc1cc(N2C[C@@H]3OCCN(C)[C@H]3C2)nc(C)n1. The quantitative estimate of drug-likeness (QED) is 0.728. The molecule has 0 aliphatic carbocycles. The summed E-state index contributed by atoms with van der Waals surface area (Å²) in [4.78, 5) is 13.6. The number of nitrogens with zero attached hydrogens (tertiary/aromatic N) is 4. The van der Waals surface area contributed by atoms with Gasteiger partial charge in [-0.3, -0.25) is 4.90 Å². The molecule has 5 heteroatoms. The Morgan fingerprint density at radius 3 is 2.83 bits per heavy atom. The molecule has 0 unspecified atom stereocenters. The number of ether oxygens (including phenoxy) is 1. The maximum Gasteiger partial charge on any atom is 0.132 e. The van der Waals surface area contributed by atoms with E-state index < -0.39 is 0 Å². The Labute approximate surface area is 108 Å². The number of hydrogen-bond acceptors (Lipinski definition) is 5. The van der Waals surface area contributed by atoms with Crippen LogP contribution in [0.3, 0.4) is 0 Å². The van der Waals surface area contributed by atoms with Crippen molar-refractivity contribution in [1.82, 2.24) is 14.9 Å². The van der Waals surface area contributed by atoms with Crippen LogP contribution in [0.5, 0.6) is 0 Å². The van der Waals surface area contributed by atoms with Crippen LogP contribution in [0, 0.1) is 13.8 Å². The van der Waals surface area contributed by atoms with E-state index in [1.54, 1.807) is 0 Å². The molecule has 2 aliphatic heterocycles. The summed E-state index contributed by atoms with van der Waals surface area (Å²) >= 11 is 0. The first-order chi connectivity index (χ1) is 8.63. The highest BCUT2D eigenvalue weighted by Crippen LogP contribution is 2.25. The third-order valence-electron chi connectivity index (χ3n) is 3.86. The fourth-order valence-electron chi connectivity index (χ4n) is 2.90. The Morgan fingerprint density at radius 1 is 1.28 bits per heavy atom. The van der Waals surface area contributed by atoms with Gasteiger partial charge in [0.05, 0.1) is 18.8 Å². The number of aromatic nitrogens is 2. The van der Waals surface area contributed by atoms with Crippen molar-refractivity contribution in [1.29, 1.82) is 0 Å². The average molecular weight is 248 g/mol. The second-order valence-corrected chi connectivity index (χ2v) is 5.28. The first kappa shape index (κ1) is 11.9. The lowest BCUT2D eigenvalue weighted by Gasteiger charge is -2.33. The van der Waals surface area contributed by atoms with Gasteiger partial charge in [-0.1, -0.05) is 0 Å². The minimum absolute atomic E-state index is 0.319. The van der Waals surface area contributed by atoms with Crippen molar-refractivity contribution in [2.75, 3.05) is 38.2 Å². The lowest BCUT2D eigenvalue weighted by Crippen LogP contribution is -2.48. The summed E-state index contributed by atoms with van der Waals surface area (Å²) in [6, 6.07) is 2.55. The molecule has 2 saturated heterocycles. The fraction of sp³-hybridized carbons (Fsp3) is 0.692. The summed E-state index contributed by atoms with van der Waals surface area (Å²) in [5, 5.41) is 0. The molecular weight excluding hydrogens is 228 g/mol. The number of rotatable bonds is 1. The molecule has 18 heavy (non-hydrogen) atoms. The number of likely N-dealkylation sites (N-methyl/N-ethyl adjacent to an activating group) is 1. The average Bonchev–Trinajstić information content (AvgIpc) is 2.73. The van der Waals surface area contributed by atoms with E-state index in [9.17, 15) is 0 Å². The van der Waals surface area contributed by atoms with Crippen LogP contribution in [0.4, 0.5) is 5.82 Å². The summed E-state index contributed by atoms with van der Waals surface area (Å²) in [5.74, 6) is 1.88. The van der Waals surface area contributed by atoms with Crippen molar-refractivity contribution in [2.24, 2.45) is 0 Å². The highest BCUT2D eigenvalue weighted by atomic mass is 16.5. The number of aryl methyl sites for hydroxylation is 2. The van der Waals surface area contributed by atoms with Crippen molar-refractivity contribution in [2.45, 2.75) is 26.0 Å². The minimum atomic E-state index is 0.319. The summed E-state index contributed by atoms with van der Waals surface area (Å²) in [5.41, 5.74) is 1.03. The standard InChI is InChI=1S/C13H20N4O/c1-9-6-13(15-10(2)14-9)17-7-11-12(8-17)18-5-4-16(11)3/h6,11-12H,4-5,7-8H2,1-3H3/t11-,12-/m0/s1. The van der Waals surface area contributed by atoms with Crippen molar-refractivity contribution in [3.05, 3.63) is 17.6 Å². The molecule has 5 nitrogen and oxygen atoms in total. The first-order valence-electron chi connectivity index (χ1n) is 6.52. The van der Waals surface area contributed by atoms with Crippen LogP contribution in [-0.4, -0.2) is 60.3 Å². The molecule has 0 bridgehead atoms. The largest absolute Gasteiger partial charge is 0.373 e. The molecule has 0 amide bonds. The summed E-state index contributed by atoms with van der Waals surface area (Å²) in [6.45, 7) is 7.76. The molecule has 2 fully saturated rings. The Kier molecular flexibility index (Phi) is 2.95. The van der Waals surface area contributed by atoms with Gasteiger partial charge in [0.25, 0.3) is 0 Å². The first-order valence-corrected chi connectivity index (χ1v) is 6.52. The van der Waals surface area contributed by atoms with E-state index in [0.29, 0.717) is 12.1 Å². The third kappa shape index (κ3) is 2.08. The van der Waals surface area contributed by atoms with Gasteiger partial charge in [-0.2, -0.15) is 0 Å². The summed E-state index contributed by atoms with van der Waals surface area (Å²) in [7, 11) is 2.18. The molecule has 1 aromatic heterocycles. The predicted molar refractivity (Wildman–Crippen MR) is 69.9 cm³/mol. The molecule has 0 aromatic carbocycles. The van der Waals surface area contributed by atoms with Gasteiger partial charge < -0.3 is 9.64 Å². The van der Waals surface area contributed by atoms with E-state index in [2.05, 4.69) is 32.9 Å². The molecule has 0 spiro atoms. The van der Waals surface area contributed by atoms with Gasteiger partial charge >= 0.3 is 0 Å². The zero-order valence-corrected chi connectivity index (χ0v) is 11.3. The third-order valence-corrected chi connectivity index (χ3v) is 3.86. The number of fused-ring (bicyclic) bond motifs is 1. The Morgan fingerprint density at radius 2 is 2.11 bits per heavy atom. The van der Waals surface area contributed by atoms with Crippen molar-refractivity contribution >= 4 is 5.82 Å². The van der Waals surface area contributed by atoms with E-state index in [1.165, 1.54) is 0 Å². The Hall–Kier alpha value is -1.20. The molecule has 0 saturated carbocycles. The predicted octanol–water partition coefficient (Wildman–Crippen LogP) is 0.613. The van der Waals surface area contributed by atoms with E-state index in [1.807, 2.05) is 13.8 Å². The zero-order valence-electron chi connectivity index (χ0n) is 11.3. The van der Waals surface area contributed by atoms with E-state index in [4.69, 9.17) is 4.74 Å². The van der Waals surface area contributed by atoms with Crippen molar-refractivity contribution < 1.29 is 4.74 Å². The molecule has 2 aliphatic rings. The molecule has 98 valence electrons. The number of morpholine rings is 1. The van der Waals surface area contributed by atoms with E-state index in [0.717, 1.165) is 43.6 Å². The van der Waals surface area contributed by atoms with Gasteiger partial charge in [-0.25, -0.2) is 9.97 Å². The van der Waals surface area contributed by atoms with Crippen LogP contribution < -0.4 is 4.90 Å². The van der Waals surface area contributed by atoms with Gasteiger partial charge in [0.2, 0.25) is 0 Å². The molecule has 1 aromatic rings. The molecule has 0 radical (unpaired) electrons. The monoisotopic (exact) mass is 248 g/mol. The van der Waals surface area contributed by atoms with Crippen LogP contribution in [0.25, 0.3) is 0 Å². The molecule has 2 atom stereocenters. The second kappa shape index (κ2) is 4.48. The topological polar surface area (TPSA) is 41.5 Å². The van der Waals surface area contributed by atoms with Gasteiger partial charge in [0.1, 0.15) is 11.6 Å². The van der Waals surface area contributed by atoms with Crippen LogP contribution in [0.15, 0.2) is 6.07 Å². The van der Waals surface area contributed by atoms with Crippen LogP contribution in [-0.2, 0) is 4.74 Å². The smallest absolute Gasteiger partial charge is 0.132 e. The van der Waals surface area contributed by atoms with Gasteiger partial charge in [0.15, 0.2) is 0 Å². The van der Waals surface area contributed by atoms with Gasteiger partial charge in [0, 0.05) is 31.4 Å². The second-order valence-electron chi connectivity index (χ2n) is 5.28. The zero-order chi connectivity index (χ0) is 12.7. The summed E-state index contributed by atoms with van der Waals surface area (Å²) in [6.07, 6.45) is 0.319. The van der Waals surface area contributed by atoms with E-state index >= 15 is 0 Å². The summed E-state index contributed by atoms with van der Waals surface area (Å²) < 4.78 is 5.86. The van der Waals surface area contributed by atoms with Gasteiger partial charge in [-0.15, -0.1) is 0 Å². The highest BCUT2D eigenvalue weighted by molar-refractivity contribution is 5.42. The molecule has 3 rings (SSSR count). The van der Waals surface area contributed by atoms with Crippen LogP contribution >= 0.6 is 0 Å². The molecule has 3 heterocycles.